The fraction of sp³-hybridized carbons (Fsp3) is 0.125. The van der Waals surface area contributed by atoms with Crippen molar-refractivity contribution >= 4 is 27.5 Å². The minimum atomic E-state index is -0.339. The van der Waals surface area contributed by atoms with E-state index in [1.54, 1.807) is 4.68 Å². The Balaban J connectivity index is 1.77. The number of aromatic nitrogens is 3. The van der Waals surface area contributed by atoms with Crippen molar-refractivity contribution in [1.29, 1.82) is 0 Å². The number of rotatable bonds is 4. The van der Waals surface area contributed by atoms with Crippen molar-refractivity contribution in [2.24, 2.45) is 0 Å². The molecule has 0 aliphatic carbocycles. The Bertz CT molecular complexity index is 1230. The molecule has 5 nitrogen and oxygen atoms in total. The third-order valence-corrected chi connectivity index (χ3v) is 5.33. The third-order valence-electron chi connectivity index (χ3n) is 4.80. The molecule has 3 aromatic carbocycles. The highest BCUT2D eigenvalue weighted by atomic mass is 79.9. The highest BCUT2D eigenvalue weighted by molar-refractivity contribution is 9.10. The first-order valence-corrected chi connectivity index (χ1v) is 10.4. The second-order valence-corrected chi connectivity index (χ2v) is 8.20. The van der Waals surface area contributed by atoms with E-state index in [1.807, 2.05) is 87.5 Å². The number of carbonyl (C=O) groups excluding carboxylic acids is 1. The maximum atomic E-state index is 13.0. The molecule has 0 radical (unpaired) electrons. The molecule has 1 N–H and O–H groups in total. The van der Waals surface area contributed by atoms with E-state index in [1.165, 1.54) is 0 Å². The molecule has 0 fully saturated rings. The number of anilines is 1. The van der Waals surface area contributed by atoms with Gasteiger partial charge >= 0.3 is 0 Å². The summed E-state index contributed by atoms with van der Waals surface area (Å²) in [6.07, 6.45) is 0. The molecular formula is C24H21BrN4O. The summed E-state index contributed by atoms with van der Waals surface area (Å²) in [5.41, 5.74) is 5.65. The topological polar surface area (TPSA) is 59.8 Å². The Morgan fingerprint density at radius 3 is 2.40 bits per heavy atom. The maximum Gasteiger partial charge on any atom is 0.295 e. The van der Waals surface area contributed by atoms with Crippen LogP contribution in [0.5, 0.6) is 0 Å². The second kappa shape index (κ2) is 8.24. The van der Waals surface area contributed by atoms with Gasteiger partial charge in [-0.05, 0) is 67.8 Å². The van der Waals surface area contributed by atoms with E-state index in [-0.39, 0.29) is 11.7 Å². The van der Waals surface area contributed by atoms with Gasteiger partial charge in [0.05, 0.1) is 5.69 Å². The lowest BCUT2D eigenvalue weighted by atomic mass is 10.1. The molecule has 150 valence electrons. The Morgan fingerprint density at radius 2 is 1.67 bits per heavy atom. The van der Waals surface area contributed by atoms with E-state index in [0.717, 1.165) is 38.1 Å². The highest BCUT2D eigenvalue weighted by Crippen LogP contribution is 2.24. The van der Waals surface area contributed by atoms with Gasteiger partial charge in [0, 0.05) is 15.7 Å². The summed E-state index contributed by atoms with van der Waals surface area (Å²) >= 11 is 3.46. The Hall–Kier alpha value is -3.25. The van der Waals surface area contributed by atoms with E-state index in [9.17, 15) is 4.79 Å². The molecular weight excluding hydrogens is 440 g/mol. The molecule has 0 atom stereocenters. The summed E-state index contributed by atoms with van der Waals surface area (Å²) in [5.74, 6) is 0.392. The number of carbonyl (C=O) groups is 1. The third kappa shape index (κ3) is 4.19. The van der Waals surface area contributed by atoms with Crippen LogP contribution in [0.4, 0.5) is 5.69 Å². The molecule has 0 saturated heterocycles. The van der Waals surface area contributed by atoms with Crippen LogP contribution in [-0.4, -0.2) is 20.7 Å². The van der Waals surface area contributed by atoms with Crippen molar-refractivity contribution < 1.29 is 4.79 Å². The van der Waals surface area contributed by atoms with E-state index in [4.69, 9.17) is 0 Å². The van der Waals surface area contributed by atoms with Gasteiger partial charge in [0.25, 0.3) is 5.91 Å². The van der Waals surface area contributed by atoms with Crippen LogP contribution in [0.25, 0.3) is 17.1 Å². The first-order valence-electron chi connectivity index (χ1n) is 9.59. The van der Waals surface area contributed by atoms with Crippen LogP contribution in [0.15, 0.2) is 71.2 Å². The van der Waals surface area contributed by atoms with Crippen LogP contribution < -0.4 is 5.32 Å². The first-order chi connectivity index (χ1) is 14.4. The smallest absolute Gasteiger partial charge is 0.295 e. The molecule has 4 rings (SSSR count). The predicted octanol–water partition coefficient (Wildman–Crippen LogP) is 5.87. The molecule has 0 saturated carbocycles. The van der Waals surface area contributed by atoms with Gasteiger partial charge in [-0.2, -0.15) is 0 Å². The summed E-state index contributed by atoms with van der Waals surface area (Å²) in [4.78, 5) is 17.6. The van der Waals surface area contributed by atoms with Crippen molar-refractivity contribution in [2.75, 3.05) is 5.32 Å². The van der Waals surface area contributed by atoms with Crippen LogP contribution in [-0.2, 0) is 0 Å². The first kappa shape index (κ1) is 20.0. The second-order valence-electron chi connectivity index (χ2n) is 7.29. The SMILES string of the molecule is Cc1cccc(-n2nc(C(=O)Nc3cc(C)ccc3C)nc2-c2ccc(Br)cc2)c1. The van der Waals surface area contributed by atoms with Gasteiger partial charge in [0.1, 0.15) is 0 Å². The van der Waals surface area contributed by atoms with Gasteiger partial charge in [-0.25, -0.2) is 9.67 Å². The normalized spacial score (nSPS) is 10.8. The Labute approximate surface area is 183 Å². The molecule has 0 bridgehead atoms. The quantitative estimate of drug-likeness (QED) is 0.413. The van der Waals surface area contributed by atoms with Crippen molar-refractivity contribution in [2.45, 2.75) is 20.8 Å². The summed E-state index contributed by atoms with van der Waals surface area (Å²) in [6, 6.07) is 21.7. The standard InChI is InChI=1S/C24H21BrN4O/c1-15-5-4-6-20(13-15)29-23(18-9-11-19(25)12-10-18)27-22(28-29)24(30)26-21-14-16(2)7-8-17(21)3/h4-14H,1-3H3,(H,26,30). The zero-order valence-corrected chi connectivity index (χ0v) is 18.6. The number of halogens is 1. The van der Waals surface area contributed by atoms with Crippen LogP contribution in [0, 0.1) is 20.8 Å². The van der Waals surface area contributed by atoms with Gasteiger partial charge in [-0.3, -0.25) is 4.79 Å². The number of nitrogens with zero attached hydrogens (tertiary/aromatic N) is 3. The summed E-state index contributed by atoms with van der Waals surface area (Å²) in [5, 5.41) is 7.50. The monoisotopic (exact) mass is 460 g/mol. The Morgan fingerprint density at radius 1 is 0.933 bits per heavy atom. The van der Waals surface area contributed by atoms with E-state index < -0.39 is 0 Å². The molecule has 0 aliphatic rings. The number of hydrogen-bond acceptors (Lipinski definition) is 3. The molecule has 0 aliphatic heterocycles. The zero-order chi connectivity index (χ0) is 21.3. The molecule has 0 spiro atoms. The van der Waals surface area contributed by atoms with Crippen molar-refractivity contribution in [3.63, 3.8) is 0 Å². The van der Waals surface area contributed by atoms with Crippen molar-refractivity contribution in [1.82, 2.24) is 14.8 Å². The lowest BCUT2D eigenvalue weighted by Gasteiger charge is -2.07. The summed E-state index contributed by atoms with van der Waals surface area (Å²) in [7, 11) is 0. The summed E-state index contributed by atoms with van der Waals surface area (Å²) < 4.78 is 2.69. The molecule has 0 unspecified atom stereocenters. The molecule has 6 heteroatoms. The number of nitrogens with one attached hydrogen (secondary N) is 1. The average Bonchev–Trinajstić information content (AvgIpc) is 3.17. The molecule has 30 heavy (non-hydrogen) atoms. The number of hydrogen-bond donors (Lipinski definition) is 1. The fourth-order valence-electron chi connectivity index (χ4n) is 3.18. The van der Waals surface area contributed by atoms with E-state index in [0.29, 0.717) is 5.82 Å². The van der Waals surface area contributed by atoms with E-state index >= 15 is 0 Å². The van der Waals surface area contributed by atoms with Gasteiger partial charge in [0.2, 0.25) is 5.82 Å². The van der Waals surface area contributed by atoms with E-state index in [2.05, 4.69) is 31.3 Å². The molecule has 4 aromatic rings. The summed E-state index contributed by atoms with van der Waals surface area (Å²) in [6.45, 7) is 5.97. The fourth-order valence-corrected chi connectivity index (χ4v) is 3.45. The van der Waals surface area contributed by atoms with Crippen LogP contribution in [0.3, 0.4) is 0 Å². The van der Waals surface area contributed by atoms with Gasteiger partial charge in [0.15, 0.2) is 5.82 Å². The lowest BCUT2D eigenvalue weighted by molar-refractivity contribution is 0.101. The molecule has 1 heterocycles. The van der Waals surface area contributed by atoms with Crippen molar-refractivity contribution in [3.05, 3.63) is 93.7 Å². The average molecular weight is 461 g/mol. The molecule has 1 amide bonds. The van der Waals surface area contributed by atoms with Crippen LogP contribution in [0.2, 0.25) is 0 Å². The maximum absolute atomic E-state index is 13.0. The van der Waals surface area contributed by atoms with Gasteiger partial charge in [-0.1, -0.05) is 52.3 Å². The molecule has 1 aromatic heterocycles. The predicted molar refractivity (Wildman–Crippen MR) is 123 cm³/mol. The van der Waals surface area contributed by atoms with Crippen LogP contribution in [0.1, 0.15) is 27.3 Å². The zero-order valence-electron chi connectivity index (χ0n) is 17.0. The number of amides is 1. The number of aryl methyl sites for hydroxylation is 3. The van der Waals surface area contributed by atoms with Gasteiger partial charge < -0.3 is 5.32 Å². The number of benzene rings is 3. The van der Waals surface area contributed by atoms with Crippen LogP contribution >= 0.6 is 15.9 Å². The minimum Gasteiger partial charge on any atom is -0.319 e. The lowest BCUT2D eigenvalue weighted by Crippen LogP contribution is -2.15. The van der Waals surface area contributed by atoms with Gasteiger partial charge in [-0.15, -0.1) is 5.10 Å². The Kier molecular flexibility index (Phi) is 5.50. The highest BCUT2D eigenvalue weighted by Gasteiger charge is 2.19. The minimum absolute atomic E-state index is 0.121. The largest absolute Gasteiger partial charge is 0.319 e. The van der Waals surface area contributed by atoms with Crippen molar-refractivity contribution in [3.8, 4) is 17.1 Å².